The molecule has 0 radical (unpaired) electrons. The van der Waals surface area contributed by atoms with Gasteiger partial charge in [0.15, 0.2) is 11.6 Å². The molecule has 0 bridgehead atoms. The highest BCUT2D eigenvalue weighted by Crippen LogP contribution is 2.35. The molecule has 0 saturated heterocycles. The zero-order chi connectivity index (χ0) is 11.4. The molecule has 16 heavy (non-hydrogen) atoms. The van der Waals surface area contributed by atoms with Gasteiger partial charge < -0.3 is 10.1 Å². The molecule has 3 nitrogen and oxygen atoms in total. The smallest absolute Gasteiger partial charge is 0.168 e. The Hall–Kier alpha value is -1.25. The molecule has 1 unspecified atom stereocenters. The number of ether oxygens (including phenoxy) is 1. The number of pyridine rings is 1. The van der Waals surface area contributed by atoms with E-state index in [2.05, 4.69) is 17.2 Å². The maximum atomic E-state index is 5.29. The summed E-state index contributed by atoms with van der Waals surface area (Å²) in [7, 11) is 1.68. The molecule has 1 saturated carbocycles. The van der Waals surface area contributed by atoms with Crippen LogP contribution in [0.4, 0.5) is 5.82 Å². The minimum absolute atomic E-state index is 0.524. The van der Waals surface area contributed by atoms with Crippen molar-refractivity contribution in [3.63, 3.8) is 0 Å². The molecule has 1 aliphatic rings. The Morgan fingerprint density at radius 3 is 3.00 bits per heavy atom. The topological polar surface area (TPSA) is 34.2 Å². The summed E-state index contributed by atoms with van der Waals surface area (Å²) >= 11 is 0. The molecule has 1 aromatic heterocycles. The normalized spacial score (nSPS) is 16.9. The average Bonchev–Trinajstić information content (AvgIpc) is 3.13. The summed E-state index contributed by atoms with van der Waals surface area (Å²) in [6.45, 7) is 2.22. The van der Waals surface area contributed by atoms with Crippen LogP contribution in [0.5, 0.6) is 5.75 Å². The molecule has 1 fully saturated rings. The van der Waals surface area contributed by atoms with Gasteiger partial charge in [0.1, 0.15) is 0 Å². The van der Waals surface area contributed by atoms with E-state index in [4.69, 9.17) is 4.74 Å². The Kier molecular flexibility index (Phi) is 3.65. The quantitative estimate of drug-likeness (QED) is 0.800. The lowest BCUT2D eigenvalue weighted by Gasteiger charge is -2.18. The molecule has 1 atom stereocenters. The molecule has 0 aromatic carbocycles. The van der Waals surface area contributed by atoms with Crippen molar-refractivity contribution in [1.29, 1.82) is 0 Å². The van der Waals surface area contributed by atoms with Gasteiger partial charge in [-0.2, -0.15) is 0 Å². The fourth-order valence-corrected chi connectivity index (χ4v) is 1.94. The summed E-state index contributed by atoms with van der Waals surface area (Å²) in [6.07, 6.45) is 7.00. The van der Waals surface area contributed by atoms with E-state index in [0.29, 0.717) is 6.04 Å². The number of nitrogens with one attached hydrogen (secondary N) is 1. The van der Waals surface area contributed by atoms with Crippen molar-refractivity contribution in [2.75, 3.05) is 12.4 Å². The molecule has 0 aliphatic heterocycles. The summed E-state index contributed by atoms with van der Waals surface area (Å²) in [4.78, 5) is 4.33. The maximum absolute atomic E-state index is 5.29. The van der Waals surface area contributed by atoms with Crippen LogP contribution in [0, 0.1) is 5.92 Å². The lowest BCUT2D eigenvalue weighted by molar-refractivity contribution is 0.413. The molecule has 1 aromatic rings. The van der Waals surface area contributed by atoms with Gasteiger partial charge >= 0.3 is 0 Å². The Bertz CT molecular complexity index is 336. The Balaban J connectivity index is 1.99. The number of anilines is 1. The zero-order valence-corrected chi connectivity index (χ0v) is 10.1. The van der Waals surface area contributed by atoms with Crippen molar-refractivity contribution in [3.8, 4) is 5.75 Å². The van der Waals surface area contributed by atoms with Crippen molar-refractivity contribution >= 4 is 5.82 Å². The highest BCUT2D eigenvalue weighted by atomic mass is 16.5. The molecular formula is C13H20N2O. The fourth-order valence-electron chi connectivity index (χ4n) is 1.94. The molecule has 0 spiro atoms. The van der Waals surface area contributed by atoms with E-state index in [-0.39, 0.29) is 0 Å². The van der Waals surface area contributed by atoms with Crippen LogP contribution < -0.4 is 10.1 Å². The first-order chi connectivity index (χ1) is 7.83. The largest absolute Gasteiger partial charge is 0.493 e. The van der Waals surface area contributed by atoms with Gasteiger partial charge in [0.2, 0.25) is 0 Å². The van der Waals surface area contributed by atoms with Gasteiger partial charge in [-0.05, 0) is 30.9 Å². The second kappa shape index (κ2) is 5.19. The predicted octanol–water partition coefficient (Wildman–Crippen LogP) is 3.08. The number of rotatable bonds is 6. The monoisotopic (exact) mass is 220 g/mol. The van der Waals surface area contributed by atoms with Gasteiger partial charge in [-0.1, -0.05) is 19.8 Å². The maximum Gasteiger partial charge on any atom is 0.168 e. The van der Waals surface area contributed by atoms with Gasteiger partial charge in [0.05, 0.1) is 7.11 Å². The van der Waals surface area contributed by atoms with Crippen LogP contribution in [-0.4, -0.2) is 18.1 Å². The molecule has 1 N–H and O–H groups in total. The van der Waals surface area contributed by atoms with E-state index < -0.39 is 0 Å². The van der Waals surface area contributed by atoms with Crippen molar-refractivity contribution in [1.82, 2.24) is 4.98 Å². The number of hydrogen-bond acceptors (Lipinski definition) is 3. The van der Waals surface area contributed by atoms with E-state index in [1.54, 1.807) is 13.3 Å². The standard InChI is InChI=1S/C13H20N2O/c1-3-11(9-10-6-7-10)15-13-12(16-2)5-4-8-14-13/h4-5,8,10-11H,3,6-7,9H2,1-2H3,(H,14,15). The van der Waals surface area contributed by atoms with E-state index in [1.807, 2.05) is 12.1 Å². The van der Waals surface area contributed by atoms with Gasteiger partial charge in [0, 0.05) is 12.2 Å². The first kappa shape index (κ1) is 11.2. The Morgan fingerprint density at radius 1 is 1.56 bits per heavy atom. The summed E-state index contributed by atoms with van der Waals surface area (Å²) in [5, 5.41) is 3.48. The number of methoxy groups -OCH3 is 1. The third kappa shape index (κ3) is 2.87. The van der Waals surface area contributed by atoms with Gasteiger partial charge in [-0.3, -0.25) is 0 Å². The zero-order valence-electron chi connectivity index (χ0n) is 10.1. The fraction of sp³-hybridized carbons (Fsp3) is 0.615. The highest BCUT2D eigenvalue weighted by Gasteiger charge is 2.25. The lowest BCUT2D eigenvalue weighted by atomic mass is 10.1. The summed E-state index contributed by atoms with van der Waals surface area (Å²) in [5.74, 6) is 2.64. The molecule has 1 aliphatic carbocycles. The second-order valence-corrected chi connectivity index (χ2v) is 4.48. The molecular weight excluding hydrogens is 200 g/mol. The molecule has 2 rings (SSSR count). The summed E-state index contributed by atoms with van der Waals surface area (Å²) < 4.78 is 5.29. The Morgan fingerprint density at radius 2 is 2.38 bits per heavy atom. The van der Waals surface area contributed by atoms with E-state index in [0.717, 1.165) is 23.9 Å². The van der Waals surface area contributed by atoms with Gasteiger partial charge in [0.25, 0.3) is 0 Å². The minimum atomic E-state index is 0.524. The molecule has 1 heterocycles. The SMILES string of the molecule is CCC(CC1CC1)Nc1ncccc1OC. The molecule has 0 amide bonds. The first-order valence-corrected chi connectivity index (χ1v) is 6.09. The van der Waals surface area contributed by atoms with Crippen LogP contribution in [0.3, 0.4) is 0 Å². The van der Waals surface area contributed by atoms with Crippen LogP contribution in [0.15, 0.2) is 18.3 Å². The molecule has 88 valence electrons. The van der Waals surface area contributed by atoms with Crippen LogP contribution in [0.25, 0.3) is 0 Å². The van der Waals surface area contributed by atoms with E-state index in [1.165, 1.54) is 19.3 Å². The first-order valence-electron chi connectivity index (χ1n) is 6.09. The molecule has 3 heteroatoms. The van der Waals surface area contributed by atoms with Gasteiger partial charge in [-0.15, -0.1) is 0 Å². The number of hydrogen-bond donors (Lipinski definition) is 1. The van der Waals surface area contributed by atoms with Crippen LogP contribution >= 0.6 is 0 Å². The van der Waals surface area contributed by atoms with Crippen LogP contribution in [-0.2, 0) is 0 Å². The van der Waals surface area contributed by atoms with Crippen molar-refractivity contribution < 1.29 is 4.74 Å². The van der Waals surface area contributed by atoms with Crippen LogP contribution in [0.2, 0.25) is 0 Å². The van der Waals surface area contributed by atoms with E-state index in [9.17, 15) is 0 Å². The Labute approximate surface area is 97.2 Å². The predicted molar refractivity (Wildman–Crippen MR) is 65.8 cm³/mol. The third-order valence-electron chi connectivity index (χ3n) is 3.14. The van der Waals surface area contributed by atoms with Crippen molar-refractivity contribution in [2.24, 2.45) is 5.92 Å². The summed E-state index contributed by atoms with van der Waals surface area (Å²) in [5.41, 5.74) is 0. The minimum Gasteiger partial charge on any atom is -0.493 e. The third-order valence-corrected chi connectivity index (χ3v) is 3.14. The number of aromatic nitrogens is 1. The average molecular weight is 220 g/mol. The number of nitrogens with zero attached hydrogens (tertiary/aromatic N) is 1. The van der Waals surface area contributed by atoms with Gasteiger partial charge in [-0.25, -0.2) is 4.98 Å². The van der Waals surface area contributed by atoms with Crippen LogP contribution in [0.1, 0.15) is 32.6 Å². The van der Waals surface area contributed by atoms with Crippen molar-refractivity contribution in [2.45, 2.75) is 38.6 Å². The van der Waals surface area contributed by atoms with E-state index >= 15 is 0 Å². The second-order valence-electron chi connectivity index (χ2n) is 4.48. The summed E-state index contributed by atoms with van der Waals surface area (Å²) in [6, 6.07) is 4.36. The lowest BCUT2D eigenvalue weighted by Crippen LogP contribution is -2.20. The van der Waals surface area contributed by atoms with Crippen molar-refractivity contribution in [3.05, 3.63) is 18.3 Å². The highest BCUT2D eigenvalue weighted by molar-refractivity contribution is 5.50.